The van der Waals surface area contributed by atoms with E-state index in [9.17, 15) is 26.8 Å². The monoisotopic (exact) mass is 652 g/mol. The first-order valence-corrected chi connectivity index (χ1v) is 15.6. The molecule has 1 aliphatic rings. The molecular formula is C29H31ClF2N4O7S. The Bertz CT molecular complexity index is 1530. The summed E-state index contributed by atoms with van der Waals surface area (Å²) in [5.74, 6) is -0.231. The van der Waals surface area contributed by atoms with Crippen molar-refractivity contribution in [1.82, 2.24) is 10.3 Å². The van der Waals surface area contributed by atoms with Crippen LogP contribution in [0.2, 0.25) is 5.02 Å². The molecule has 236 valence electrons. The molecule has 0 spiro atoms. The lowest BCUT2D eigenvalue weighted by atomic mass is 10.1. The van der Waals surface area contributed by atoms with E-state index < -0.39 is 40.5 Å². The van der Waals surface area contributed by atoms with E-state index in [1.54, 1.807) is 36.4 Å². The number of benzene rings is 2. The van der Waals surface area contributed by atoms with Gasteiger partial charge in [-0.05, 0) is 48.0 Å². The van der Waals surface area contributed by atoms with Crippen LogP contribution in [-0.2, 0) is 19.3 Å². The smallest absolute Gasteiger partial charge is 0.404 e. The van der Waals surface area contributed by atoms with Crippen LogP contribution in [0.3, 0.4) is 0 Å². The summed E-state index contributed by atoms with van der Waals surface area (Å²) in [6.07, 6.45) is 0.423. The molecule has 2 amide bonds. The van der Waals surface area contributed by atoms with Crippen molar-refractivity contribution in [2.45, 2.75) is 43.0 Å². The largest absolute Gasteiger partial charge is 0.472 e. The van der Waals surface area contributed by atoms with Gasteiger partial charge in [-0.3, -0.25) is 4.79 Å². The van der Waals surface area contributed by atoms with Gasteiger partial charge in [-0.25, -0.2) is 18.2 Å². The Morgan fingerprint density at radius 2 is 1.82 bits per heavy atom. The molecule has 0 saturated carbocycles. The Kier molecular flexibility index (Phi) is 10.9. The summed E-state index contributed by atoms with van der Waals surface area (Å²) in [5, 5.41) is 3.22. The van der Waals surface area contributed by atoms with Crippen molar-refractivity contribution in [3.05, 3.63) is 83.0 Å². The number of nitrogens with one attached hydrogen (secondary N) is 1. The van der Waals surface area contributed by atoms with Crippen molar-refractivity contribution >= 4 is 39.1 Å². The van der Waals surface area contributed by atoms with Crippen molar-refractivity contribution in [1.29, 1.82) is 0 Å². The zero-order valence-electron chi connectivity index (χ0n) is 23.6. The van der Waals surface area contributed by atoms with Gasteiger partial charge in [-0.2, -0.15) is 8.78 Å². The highest BCUT2D eigenvalue weighted by Crippen LogP contribution is 2.29. The average Bonchev–Trinajstić information content (AvgIpc) is 3.41. The number of nitrogens with zero attached hydrogens (tertiary/aromatic N) is 2. The number of nitrogens with two attached hydrogens (primary N) is 1. The van der Waals surface area contributed by atoms with E-state index in [0.29, 0.717) is 35.1 Å². The zero-order valence-corrected chi connectivity index (χ0v) is 25.1. The van der Waals surface area contributed by atoms with Gasteiger partial charge >= 0.3 is 12.7 Å². The Balaban J connectivity index is 1.48. The van der Waals surface area contributed by atoms with E-state index in [0.717, 1.165) is 0 Å². The van der Waals surface area contributed by atoms with E-state index in [1.165, 1.54) is 37.4 Å². The molecule has 1 saturated heterocycles. The number of amides is 2. The molecule has 0 aliphatic carbocycles. The standard InChI is InChI=1S/C29H31ClF2N4O7S/c1-2-44(39,40)24-10-5-18(6-11-24)25(17-42-29(33)38)35-27(37)19-3-8-21(9-4-19)36-15-23(13-22(36)16-41-28(31)32)43-26-12-7-20(30)14-34-26/h3-12,14,22-23,25,28H,2,13,15-17H2,1H3,(H2,33,38)(H,35,37)/t22-,23-,25-/m0/s1. The molecule has 0 unspecified atom stereocenters. The molecule has 44 heavy (non-hydrogen) atoms. The van der Waals surface area contributed by atoms with Gasteiger partial charge in [0.2, 0.25) is 5.88 Å². The van der Waals surface area contributed by atoms with Crippen LogP contribution in [0.5, 0.6) is 5.88 Å². The lowest BCUT2D eigenvalue weighted by Gasteiger charge is -2.26. The highest BCUT2D eigenvalue weighted by atomic mass is 35.5. The van der Waals surface area contributed by atoms with Gasteiger partial charge < -0.3 is 30.2 Å². The summed E-state index contributed by atoms with van der Waals surface area (Å²) in [4.78, 5) is 30.5. The fourth-order valence-corrected chi connectivity index (χ4v) is 5.72. The number of anilines is 1. The summed E-state index contributed by atoms with van der Waals surface area (Å²) >= 11 is 5.89. The molecule has 4 rings (SSSR count). The van der Waals surface area contributed by atoms with E-state index >= 15 is 0 Å². The maximum Gasteiger partial charge on any atom is 0.404 e. The van der Waals surface area contributed by atoms with Crippen molar-refractivity contribution in [2.24, 2.45) is 5.73 Å². The predicted molar refractivity (Wildman–Crippen MR) is 158 cm³/mol. The van der Waals surface area contributed by atoms with Crippen LogP contribution >= 0.6 is 11.6 Å². The van der Waals surface area contributed by atoms with Crippen molar-refractivity contribution < 1.29 is 41.0 Å². The second-order valence-electron chi connectivity index (χ2n) is 9.87. The SMILES string of the molecule is CCS(=O)(=O)c1ccc([C@H](COC(N)=O)NC(=O)c2ccc(N3C[C@@H](Oc4ccc(Cl)cn4)C[C@H]3COC(F)F)cc2)cc1. The summed E-state index contributed by atoms with van der Waals surface area (Å²) in [6.45, 7) is -1.58. The highest BCUT2D eigenvalue weighted by Gasteiger charge is 2.35. The first kappa shape index (κ1) is 32.9. The Morgan fingerprint density at radius 3 is 2.41 bits per heavy atom. The van der Waals surface area contributed by atoms with E-state index in [-0.39, 0.29) is 35.5 Å². The highest BCUT2D eigenvalue weighted by molar-refractivity contribution is 7.91. The second-order valence-corrected chi connectivity index (χ2v) is 12.6. The van der Waals surface area contributed by atoms with E-state index in [4.69, 9.17) is 26.8 Å². The first-order valence-electron chi connectivity index (χ1n) is 13.6. The summed E-state index contributed by atoms with van der Waals surface area (Å²) < 4.78 is 65.5. The van der Waals surface area contributed by atoms with Gasteiger partial charge in [0.05, 0.1) is 40.9 Å². The number of ether oxygens (including phenoxy) is 3. The number of pyridine rings is 1. The van der Waals surface area contributed by atoms with Crippen LogP contribution in [0, 0.1) is 0 Å². The maximum absolute atomic E-state index is 13.2. The molecule has 1 aromatic heterocycles. The molecule has 2 aromatic carbocycles. The third-order valence-electron chi connectivity index (χ3n) is 6.96. The molecule has 11 nitrogen and oxygen atoms in total. The van der Waals surface area contributed by atoms with E-state index in [2.05, 4.69) is 15.0 Å². The number of halogens is 3. The molecule has 3 N–H and O–H groups in total. The number of sulfone groups is 1. The Morgan fingerprint density at radius 1 is 1.11 bits per heavy atom. The molecule has 0 bridgehead atoms. The summed E-state index contributed by atoms with van der Waals surface area (Å²) in [7, 11) is -3.43. The van der Waals surface area contributed by atoms with Crippen LogP contribution < -0.4 is 20.7 Å². The third kappa shape index (κ3) is 8.77. The molecule has 15 heteroatoms. The molecule has 1 fully saturated rings. The van der Waals surface area contributed by atoms with Crippen molar-refractivity contribution in [3.63, 3.8) is 0 Å². The molecule has 3 atom stereocenters. The number of hydrogen-bond donors (Lipinski definition) is 2. The summed E-state index contributed by atoms with van der Waals surface area (Å²) in [5.41, 5.74) is 6.53. The van der Waals surface area contributed by atoms with Crippen molar-refractivity contribution in [3.8, 4) is 5.88 Å². The Hall–Kier alpha value is -4.01. The minimum absolute atomic E-state index is 0.0715. The van der Waals surface area contributed by atoms with Gasteiger partial charge in [0.1, 0.15) is 12.7 Å². The number of primary amides is 1. The number of carbonyl (C=O) groups is 2. The fraction of sp³-hybridized carbons (Fsp3) is 0.345. The number of aromatic nitrogens is 1. The normalized spacial score (nSPS) is 17.3. The lowest BCUT2D eigenvalue weighted by Crippen LogP contribution is -2.34. The topological polar surface area (TPSA) is 150 Å². The molecule has 0 radical (unpaired) electrons. The lowest BCUT2D eigenvalue weighted by molar-refractivity contribution is -0.131. The van der Waals surface area contributed by atoms with E-state index in [1.807, 2.05) is 4.90 Å². The summed E-state index contributed by atoms with van der Waals surface area (Å²) in [6, 6.07) is 14.3. The van der Waals surface area contributed by atoms with Crippen LogP contribution in [-0.4, -0.2) is 69.7 Å². The van der Waals surface area contributed by atoms with Gasteiger partial charge in [0.15, 0.2) is 9.84 Å². The van der Waals surface area contributed by atoms with Crippen molar-refractivity contribution in [2.75, 3.05) is 30.4 Å². The van der Waals surface area contributed by atoms with Gasteiger partial charge in [-0.1, -0.05) is 30.7 Å². The van der Waals surface area contributed by atoms with Gasteiger partial charge in [-0.15, -0.1) is 0 Å². The fourth-order valence-electron chi connectivity index (χ4n) is 4.73. The molecule has 1 aliphatic heterocycles. The van der Waals surface area contributed by atoms with Crippen LogP contribution in [0.1, 0.15) is 35.3 Å². The zero-order chi connectivity index (χ0) is 31.9. The first-order chi connectivity index (χ1) is 20.9. The minimum Gasteiger partial charge on any atom is -0.472 e. The molecular weight excluding hydrogens is 622 g/mol. The Labute approximate surface area is 258 Å². The van der Waals surface area contributed by atoms with Crippen LogP contribution in [0.15, 0.2) is 71.8 Å². The van der Waals surface area contributed by atoms with Gasteiger partial charge in [0.25, 0.3) is 5.91 Å². The average molecular weight is 653 g/mol. The number of rotatable bonds is 13. The molecule has 2 heterocycles. The predicted octanol–water partition coefficient (Wildman–Crippen LogP) is 4.36. The maximum atomic E-state index is 13.2. The van der Waals surface area contributed by atoms with Crippen LogP contribution in [0.4, 0.5) is 19.3 Å². The van der Waals surface area contributed by atoms with Crippen LogP contribution in [0.25, 0.3) is 0 Å². The third-order valence-corrected chi connectivity index (χ3v) is 8.93. The minimum atomic E-state index is -3.43. The second kappa shape index (κ2) is 14.6. The van der Waals surface area contributed by atoms with Gasteiger partial charge in [0, 0.05) is 29.9 Å². The number of carbonyl (C=O) groups excluding carboxylic acids is 2. The quantitative estimate of drug-likeness (QED) is 0.275. The number of hydrogen-bond acceptors (Lipinski definition) is 9. The molecule has 3 aromatic rings. The number of alkyl halides is 2.